The van der Waals surface area contributed by atoms with Crippen LogP contribution in [-0.2, 0) is 0 Å². The van der Waals surface area contributed by atoms with Crippen molar-refractivity contribution in [2.75, 3.05) is 4.90 Å². The van der Waals surface area contributed by atoms with Gasteiger partial charge in [0.05, 0.1) is 0 Å². The first-order chi connectivity index (χ1) is 22.6. The van der Waals surface area contributed by atoms with Crippen molar-refractivity contribution in [1.82, 2.24) is 0 Å². The van der Waals surface area contributed by atoms with Crippen molar-refractivity contribution in [1.29, 1.82) is 0 Å². The Balaban J connectivity index is 1.18. The number of anilines is 3. The molecule has 10 rings (SSSR count). The van der Waals surface area contributed by atoms with Gasteiger partial charge in [0.2, 0.25) is 0 Å². The topological polar surface area (TPSA) is 16.4 Å². The summed E-state index contributed by atoms with van der Waals surface area (Å²) in [4.78, 5) is 2.38. The number of nitrogens with zero attached hydrogens (tertiary/aromatic N) is 1. The fourth-order valence-corrected chi connectivity index (χ4v) is 12.0. The van der Waals surface area contributed by atoms with Crippen LogP contribution in [0.1, 0.15) is 0 Å². The van der Waals surface area contributed by atoms with Crippen molar-refractivity contribution in [3.05, 3.63) is 140 Å². The van der Waals surface area contributed by atoms with Crippen LogP contribution in [0.4, 0.5) is 17.1 Å². The van der Waals surface area contributed by atoms with E-state index in [-0.39, 0.29) is 0 Å². The fourth-order valence-electron chi connectivity index (χ4n) is 7.83. The highest BCUT2D eigenvalue weighted by atomic mass is 32.1. The Morgan fingerprint density at radius 1 is 0.543 bits per heavy atom. The van der Waals surface area contributed by atoms with E-state index in [1.54, 1.807) is 0 Å². The van der Waals surface area contributed by atoms with Crippen molar-refractivity contribution in [3.63, 3.8) is 0 Å². The second-order valence-corrected chi connectivity index (χ2v) is 18.3. The molecule has 0 N–H and O–H groups in total. The summed E-state index contributed by atoms with van der Waals surface area (Å²) in [5, 5.41) is 10.5. The van der Waals surface area contributed by atoms with Crippen LogP contribution >= 0.6 is 11.3 Å². The van der Waals surface area contributed by atoms with Crippen molar-refractivity contribution < 1.29 is 4.42 Å². The molecule has 0 amide bonds. The molecular formula is C42H29NOSSi. The zero-order valence-electron chi connectivity index (χ0n) is 25.5. The maximum absolute atomic E-state index is 6.63. The molecule has 2 nitrogen and oxygen atoms in total. The Morgan fingerprint density at radius 2 is 1.28 bits per heavy atom. The van der Waals surface area contributed by atoms with Gasteiger partial charge in [-0.15, -0.1) is 11.3 Å². The summed E-state index contributed by atoms with van der Waals surface area (Å²) in [5.41, 5.74) is 8.09. The predicted molar refractivity (Wildman–Crippen MR) is 201 cm³/mol. The molecule has 0 spiro atoms. The van der Waals surface area contributed by atoms with Crippen molar-refractivity contribution in [2.24, 2.45) is 0 Å². The number of fused-ring (bicyclic) bond motifs is 12. The zero-order chi connectivity index (χ0) is 30.6. The third kappa shape index (κ3) is 3.57. The number of hydrogen-bond acceptors (Lipinski definition) is 3. The lowest BCUT2D eigenvalue weighted by atomic mass is 9.99. The zero-order valence-corrected chi connectivity index (χ0v) is 27.4. The van der Waals surface area contributed by atoms with Crippen molar-refractivity contribution >= 4 is 99.7 Å². The average molecular weight is 624 g/mol. The highest BCUT2D eigenvalue weighted by Crippen LogP contribution is 2.44. The molecule has 4 heteroatoms. The molecular weight excluding hydrogens is 595 g/mol. The molecule has 2 aromatic heterocycles. The Bertz CT molecular complexity index is 2680. The van der Waals surface area contributed by atoms with E-state index in [0.717, 1.165) is 38.7 Å². The minimum Gasteiger partial charge on any atom is -0.455 e. The van der Waals surface area contributed by atoms with Gasteiger partial charge in [-0.25, -0.2) is 0 Å². The molecule has 1 aliphatic heterocycles. The third-order valence-electron chi connectivity index (χ3n) is 10.0. The number of thiophene rings is 1. The van der Waals surface area contributed by atoms with Crippen LogP contribution in [0.2, 0.25) is 13.1 Å². The van der Waals surface area contributed by atoms with E-state index in [4.69, 9.17) is 4.42 Å². The van der Waals surface area contributed by atoms with Gasteiger partial charge in [0.15, 0.2) is 0 Å². The maximum atomic E-state index is 6.63. The molecule has 0 unspecified atom stereocenters. The van der Waals surface area contributed by atoms with Crippen LogP contribution < -0.4 is 15.3 Å². The molecule has 1 aliphatic rings. The minimum atomic E-state index is -1.97. The second-order valence-electron chi connectivity index (χ2n) is 12.9. The first kappa shape index (κ1) is 26.1. The summed E-state index contributed by atoms with van der Waals surface area (Å²) >= 11 is 1.91. The van der Waals surface area contributed by atoms with Gasteiger partial charge in [-0.3, -0.25) is 0 Å². The van der Waals surface area contributed by atoms with Crippen molar-refractivity contribution in [3.8, 4) is 11.1 Å². The molecule has 0 bridgehead atoms. The molecule has 46 heavy (non-hydrogen) atoms. The van der Waals surface area contributed by atoms with Crippen molar-refractivity contribution in [2.45, 2.75) is 13.1 Å². The van der Waals surface area contributed by atoms with Gasteiger partial charge >= 0.3 is 0 Å². The number of hydrogen-bond donors (Lipinski definition) is 0. The molecule has 0 saturated carbocycles. The lowest BCUT2D eigenvalue weighted by molar-refractivity contribution is 0.672. The van der Waals surface area contributed by atoms with Gasteiger partial charge < -0.3 is 9.32 Å². The van der Waals surface area contributed by atoms with Gasteiger partial charge in [-0.2, -0.15) is 0 Å². The summed E-state index contributed by atoms with van der Waals surface area (Å²) in [5.74, 6) is 0. The highest BCUT2D eigenvalue weighted by Gasteiger charge is 2.39. The highest BCUT2D eigenvalue weighted by molar-refractivity contribution is 7.26. The van der Waals surface area contributed by atoms with Crippen LogP contribution in [0.3, 0.4) is 0 Å². The van der Waals surface area contributed by atoms with Crippen LogP contribution in [0.25, 0.3) is 64.0 Å². The molecule has 7 aromatic carbocycles. The number of para-hydroxylation sites is 1. The SMILES string of the molecule is C[Si]1(C)c2cc(N(c3ccccc3)c3ccc4c(c3)oc3c5ccccc5ccc43)ccc2-c2c1ccc1sc3ccccc3c21. The van der Waals surface area contributed by atoms with E-state index in [0.29, 0.717) is 0 Å². The van der Waals surface area contributed by atoms with E-state index in [1.807, 2.05) is 11.3 Å². The van der Waals surface area contributed by atoms with Crippen LogP contribution in [0.15, 0.2) is 144 Å². The summed E-state index contributed by atoms with van der Waals surface area (Å²) in [7, 11) is -1.97. The summed E-state index contributed by atoms with van der Waals surface area (Å²) in [6.07, 6.45) is 0. The summed E-state index contributed by atoms with van der Waals surface area (Å²) < 4.78 is 9.36. The number of benzene rings is 7. The maximum Gasteiger partial charge on any atom is 0.143 e. The molecule has 9 aromatic rings. The molecule has 218 valence electrons. The van der Waals surface area contributed by atoms with E-state index >= 15 is 0 Å². The van der Waals surface area contributed by atoms with Crippen LogP contribution in [-0.4, -0.2) is 8.07 Å². The largest absolute Gasteiger partial charge is 0.455 e. The standard InChI is InChI=1S/C42H29NOSSi/c1-46(2)38-23-22-37-40(33-14-8-9-15-36(33)45-37)41(38)34-21-18-29(25-39(34)46)43(27-11-4-3-5-12-27)28-17-20-31-32-19-16-26-10-6-7-13-30(26)42(32)44-35(31)24-28/h3-25H,1-2H3. The Labute approximate surface area is 271 Å². The van der Waals surface area contributed by atoms with Crippen LogP contribution in [0.5, 0.6) is 0 Å². The molecule has 0 radical (unpaired) electrons. The van der Waals surface area contributed by atoms with Gasteiger partial charge in [0, 0.05) is 59.5 Å². The lowest BCUT2D eigenvalue weighted by Crippen LogP contribution is -2.49. The van der Waals surface area contributed by atoms with E-state index in [1.165, 1.54) is 52.7 Å². The molecule has 0 aliphatic carbocycles. The smallest absolute Gasteiger partial charge is 0.143 e. The normalized spacial score (nSPS) is 13.6. The van der Waals surface area contributed by atoms with Gasteiger partial charge in [0.25, 0.3) is 0 Å². The number of furan rings is 1. The Kier molecular flexibility index (Phi) is 5.35. The van der Waals surface area contributed by atoms with Gasteiger partial charge in [-0.1, -0.05) is 92.0 Å². The molecule has 0 atom stereocenters. The Hall–Kier alpha value is -5.16. The summed E-state index contributed by atoms with van der Waals surface area (Å²) in [6.45, 7) is 5.03. The van der Waals surface area contributed by atoms with E-state index in [9.17, 15) is 0 Å². The van der Waals surface area contributed by atoms with Gasteiger partial charge in [0.1, 0.15) is 19.2 Å². The summed E-state index contributed by atoms with van der Waals surface area (Å²) in [6, 6.07) is 51.1. The van der Waals surface area contributed by atoms with E-state index < -0.39 is 8.07 Å². The van der Waals surface area contributed by atoms with E-state index in [2.05, 4.69) is 158 Å². The first-order valence-electron chi connectivity index (χ1n) is 15.9. The lowest BCUT2D eigenvalue weighted by Gasteiger charge is -2.27. The third-order valence-corrected chi connectivity index (χ3v) is 14.7. The monoisotopic (exact) mass is 623 g/mol. The minimum absolute atomic E-state index is 0.903. The van der Waals surface area contributed by atoms with Crippen LogP contribution in [0, 0.1) is 0 Å². The number of rotatable bonds is 3. The Morgan fingerprint density at radius 3 is 2.17 bits per heavy atom. The molecule has 3 heterocycles. The van der Waals surface area contributed by atoms with Gasteiger partial charge in [-0.05, 0) is 81.5 Å². The molecule has 0 fully saturated rings. The second kappa shape index (κ2) is 9.43. The molecule has 0 saturated heterocycles. The first-order valence-corrected chi connectivity index (χ1v) is 19.7. The average Bonchev–Trinajstić information content (AvgIpc) is 3.73. The predicted octanol–water partition coefficient (Wildman–Crippen LogP) is 11.4. The fraction of sp³-hybridized carbons (Fsp3) is 0.0476. The quantitative estimate of drug-likeness (QED) is 0.182.